The van der Waals surface area contributed by atoms with Crippen molar-refractivity contribution in [2.24, 2.45) is 5.92 Å². The van der Waals surface area contributed by atoms with Crippen molar-refractivity contribution in [3.63, 3.8) is 0 Å². The van der Waals surface area contributed by atoms with Gasteiger partial charge in [-0.15, -0.1) is 0 Å². The van der Waals surface area contributed by atoms with Gasteiger partial charge in [-0.2, -0.15) is 0 Å². The first kappa shape index (κ1) is 22.7. The third kappa shape index (κ3) is 5.60. The van der Waals surface area contributed by atoms with Gasteiger partial charge in [0.2, 0.25) is 10.0 Å². The molecule has 1 unspecified atom stereocenters. The Morgan fingerprint density at radius 1 is 1.10 bits per heavy atom. The van der Waals surface area contributed by atoms with Crippen molar-refractivity contribution in [3.8, 4) is 0 Å². The second kappa shape index (κ2) is 9.92. The van der Waals surface area contributed by atoms with Crippen LogP contribution in [0.2, 0.25) is 0 Å². The number of nitrogens with zero attached hydrogens (tertiary/aromatic N) is 1. The second-order valence-electron chi connectivity index (χ2n) is 8.31. The Morgan fingerprint density at radius 3 is 2.43 bits per heavy atom. The molecule has 3 N–H and O–H groups in total. The molecule has 7 heteroatoms. The standard InChI is InChI=1S/C23H33N3O3S/c1-17-6-4-5-7-20(17)15-24-22-9-8-21(14-18(22)2)30(28,29)25-23(16-27)19-10-12-26(3)13-11-19/h4-9,14,19,23-25,27H,10-13,15-16H2,1-3H3. The van der Waals surface area contributed by atoms with Crippen molar-refractivity contribution in [1.82, 2.24) is 9.62 Å². The fourth-order valence-corrected chi connectivity index (χ4v) is 5.36. The van der Waals surface area contributed by atoms with Crippen LogP contribution in [0.25, 0.3) is 0 Å². The molecule has 2 aromatic rings. The third-order valence-corrected chi connectivity index (χ3v) is 7.56. The Kier molecular flexibility index (Phi) is 7.52. The fourth-order valence-electron chi connectivity index (χ4n) is 3.98. The summed E-state index contributed by atoms with van der Waals surface area (Å²) >= 11 is 0. The van der Waals surface area contributed by atoms with Gasteiger partial charge in [0.15, 0.2) is 0 Å². The van der Waals surface area contributed by atoms with E-state index < -0.39 is 16.1 Å². The first-order valence-corrected chi connectivity index (χ1v) is 12.0. The number of hydrogen-bond donors (Lipinski definition) is 3. The van der Waals surface area contributed by atoms with Crippen molar-refractivity contribution >= 4 is 15.7 Å². The van der Waals surface area contributed by atoms with Gasteiger partial charge in [0, 0.05) is 18.3 Å². The normalized spacial score (nSPS) is 17.1. The lowest BCUT2D eigenvalue weighted by Crippen LogP contribution is -2.46. The van der Waals surface area contributed by atoms with E-state index in [4.69, 9.17) is 0 Å². The summed E-state index contributed by atoms with van der Waals surface area (Å²) < 4.78 is 28.6. The summed E-state index contributed by atoms with van der Waals surface area (Å²) in [5.41, 5.74) is 4.20. The molecular weight excluding hydrogens is 398 g/mol. The topological polar surface area (TPSA) is 81.7 Å². The highest BCUT2D eigenvalue weighted by molar-refractivity contribution is 7.89. The molecule has 2 aromatic carbocycles. The molecule has 1 aliphatic heterocycles. The number of sulfonamides is 1. The number of rotatable bonds is 8. The number of aliphatic hydroxyl groups is 1. The summed E-state index contributed by atoms with van der Waals surface area (Å²) in [6.45, 7) is 6.31. The summed E-state index contributed by atoms with van der Waals surface area (Å²) in [7, 11) is -1.64. The molecule has 0 aromatic heterocycles. The Morgan fingerprint density at radius 2 is 1.80 bits per heavy atom. The zero-order valence-electron chi connectivity index (χ0n) is 18.1. The zero-order chi connectivity index (χ0) is 21.7. The smallest absolute Gasteiger partial charge is 0.240 e. The third-order valence-electron chi connectivity index (χ3n) is 6.07. The molecule has 164 valence electrons. The molecule has 0 aliphatic carbocycles. The Hall–Kier alpha value is -1.93. The highest BCUT2D eigenvalue weighted by atomic mass is 32.2. The molecule has 3 rings (SSSR count). The molecule has 1 heterocycles. The van der Waals surface area contributed by atoms with Crippen molar-refractivity contribution in [1.29, 1.82) is 0 Å². The molecule has 1 saturated heterocycles. The van der Waals surface area contributed by atoms with Crippen molar-refractivity contribution in [3.05, 3.63) is 59.2 Å². The summed E-state index contributed by atoms with van der Waals surface area (Å²) in [6, 6.07) is 12.9. The van der Waals surface area contributed by atoms with Gasteiger partial charge in [-0.3, -0.25) is 0 Å². The minimum Gasteiger partial charge on any atom is -0.395 e. The van der Waals surface area contributed by atoms with Gasteiger partial charge < -0.3 is 15.3 Å². The number of aliphatic hydroxyl groups excluding tert-OH is 1. The average Bonchev–Trinajstić information content (AvgIpc) is 2.73. The quantitative estimate of drug-likeness (QED) is 0.599. The van der Waals surface area contributed by atoms with Crippen LogP contribution in [0.1, 0.15) is 29.5 Å². The van der Waals surface area contributed by atoms with E-state index in [1.807, 2.05) is 25.1 Å². The molecule has 0 saturated carbocycles. The van der Waals surface area contributed by atoms with E-state index in [0.29, 0.717) is 6.54 Å². The highest BCUT2D eigenvalue weighted by Crippen LogP contribution is 2.24. The summed E-state index contributed by atoms with van der Waals surface area (Å²) in [5.74, 6) is 0.150. The lowest BCUT2D eigenvalue weighted by molar-refractivity contribution is 0.150. The number of piperidine rings is 1. The summed E-state index contributed by atoms with van der Waals surface area (Å²) in [5, 5.41) is 13.2. The number of nitrogens with one attached hydrogen (secondary N) is 2. The van der Waals surface area contributed by atoms with E-state index in [2.05, 4.69) is 41.0 Å². The van der Waals surface area contributed by atoms with Crippen LogP contribution in [-0.2, 0) is 16.6 Å². The SMILES string of the molecule is Cc1ccccc1CNc1ccc(S(=O)(=O)NC(CO)C2CCN(C)CC2)cc1C. The molecule has 0 bridgehead atoms. The Bertz CT molecular complexity index is 954. The lowest BCUT2D eigenvalue weighted by atomic mass is 9.90. The molecule has 0 radical (unpaired) electrons. The van der Waals surface area contributed by atoms with Crippen LogP contribution in [0.15, 0.2) is 47.4 Å². The average molecular weight is 432 g/mol. The van der Waals surface area contributed by atoms with E-state index >= 15 is 0 Å². The van der Waals surface area contributed by atoms with Gasteiger partial charge >= 0.3 is 0 Å². The minimum atomic E-state index is -3.70. The Labute approximate surface area is 180 Å². The molecule has 6 nitrogen and oxygen atoms in total. The summed E-state index contributed by atoms with van der Waals surface area (Å²) in [4.78, 5) is 2.46. The van der Waals surface area contributed by atoms with Gasteiger partial charge in [-0.25, -0.2) is 13.1 Å². The maximum Gasteiger partial charge on any atom is 0.240 e. The largest absolute Gasteiger partial charge is 0.395 e. The van der Waals surface area contributed by atoms with E-state index in [1.165, 1.54) is 11.1 Å². The first-order valence-electron chi connectivity index (χ1n) is 10.5. The van der Waals surface area contributed by atoms with Crippen LogP contribution in [0.4, 0.5) is 5.69 Å². The predicted octanol–water partition coefficient (Wildman–Crippen LogP) is 2.90. The molecule has 0 spiro atoms. The molecule has 1 aliphatic rings. The van der Waals surface area contributed by atoms with Gasteiger partial charge in [-0.05, 0) is 87.6 Å². The van der Waals surface area contributed by atoms with Crippen LogP contribution in [0.5, 0.6) is 0 Å². The van der Waals surface area contributed by atoms with Crippen LogP contribution in [0.3, 0.4) is 0 Å². The van der Waals surface area contributed by atoms with Crippen LogP contribution in [0, 0.1) is 19.8 Å². The number of benzene rings is 2. The highest BCUT2D eigenvalue weighted by Gasteiger charge is 2.29. The van der Waals surface area contributed by atoms with Gasteiger partial charge in [-0.1, -0.05) is 24.3 Å². The number of likely N-dealkylation sites (tertiary alicyclic amines) is 1. The van der Waals surface area contributed by atoms with E-state index in [1.54, 1.807) is 12.1 Å². The van der Waals surface area contributed by atoms with Crippen LogP contribution >= 0.6 is 0 Å². The van der Waals surface area contributed by atoms with Gasteiger partial charge in [0.25, 0.3) is 0 Å². The second-order valence-corrected chi connectivity index (χ2v) is 10.0. The van der Waals surface area contributed by atoms with E-state index in [9.17, 15) is 13.5 Å². The maximum atomic E-state index is 12.9. The van der Waals surface area contributed by atoms with E-state index in [0.717, 1.165) is 37.2 Å². The van der Waals surface area contributed by atoms with Crippen molar-refractivity contribution in [2.45, 2.75) is 44.2 Å². The fraction of sp³-hybridized carbons (Fsp3) is 0.478. The molecule has 30 heavy (non-hydrogen) atoms. The Balaban J connectivity index is 1.68. The lowest BCUT2D eigenvalue weighted by Gasteiger charge is -2.33. The number of anilines is 1. The first-order chi connectivity index (χ1) is 14.3. The van der Waals surface area contributed by atoms with Crippen LogP contribution < -0.4 is 10.0 Å². The summed E-state index contributed by atoms with van der Waals surface area (Å²) in [6.07, 6.45) is 1.76. The molecule has 1 fully saturated rings. The van der Waals surface area contributed by atoms with E-state index in [-0.39, 0.29) is 17.4 Å². The van der Waals surface area contributed by atoms with Crippen molar-refractivity contribution in [2.75, 3.05) is 32.1 Å². The van der Waals surface area contributed by atoms with Crippen LogP contribution in [-0.4, -0.2) is 51.2 Å². The van der Waals surface area contributed by atoms with Gasteiger partial charge in [0.1, 0.15) is 0 Å². The minimum absolute atomic E-state index is 0.150. The van der Waals surface area contributed by atoms with Crippen molar-refractivity contribution < 1.29 is 13.5 Å². The number of hydrogen-bond acceptors (Lipinski definition) is 5. The predicted molar refractivity (Wildman–Crippen MR) is 121 cm³/mol. The number of aryl methyl sites for hydroxylation is 2. The molecular formula is C23H33N3O3S. The maximum absolute atomic E-state index is 12.9. The molecule has 1 atom stereocenters. The monoisotopic (exact) mass is 431 g/mol. The zero-order valence-corrected chi connectivity index (χ0v) is 18.9. The molecule has 0 amide bonds. The van der Waals surface area contributed by atoms with Gasteiger partial charge in [0.05, 0.1) is 11.5 Å².